The van der Waals surface area contributed by atoms with E-state index in [9.17, 15) is 9.90 Å². The highest BCUT2D eigenvalue weighted by atomic mass is 16.3. The highest BCUT2D eigenvalue weighted by Gasteiger charge is 2.34. The van der Waals surface area contributed by atoms with Gasteiger partial charge in [-0.15, -0.1) is 5.10 Å². The van der Waals surface area contributed by atoms with Gasteiger partial charge in [-0.2, -0.15) is 9.50 Å². The number of aliphatic hydroxyl groups is 1. The van der Waals surface area contributed by atoms with Gasteiger partial charge >= 0.3 is 0 Å². The van der Waals surface area contributed by atoms with Gasteiger partial charge in [0.2, 0.25) is 5.95 Å². The van der Waals surface area contributed by atoms with Crippen LogP contribution in [0.3, 0.4) is 0 Å². The van der Waals surface area contributed by atoms with Gasteiger partial charge in [0.25, 0.3) is 5.91 Å². The van der Waals surface area contributed by atoms with E-state index in [1.807, 2.05) is 50.2 Å². The summed E-state index contributed by atoms with van der Waals surface area (Å²) < 4.78 is 1.79. The second-order valence-corrected chi connectivity index (χ2v) is 8.73. The van der Waals surface area contributed by atoms with E-state index in [2.05, 4.69) is 26.0 Å². The summed E-state index contributed by atoms with van der Waals surface area (Å²) in [6.45, 7) is 3.99. The number of aromatic nitrogens is 3. The molecule has 30 heavy (non-hydrogen) atoms. The van der Waals surface area contributed by atoms with Crippen molar-refractivity contribution in [1.29, 1.82) is 0 Å². The lowest BCUT2D eigenvalue weighted by molar-refractivity contribution is 0.0940. The summed E-state index contributed by atoms with van der Waals surface area (Å²) in [6, 6.07) is 11.9. The molecule has 5 rings (SSSR count). The van der Waals surface area contributed by atoms with Crippen molar-refractivity contribution in [3.63, 3.8) is 0 Å². The van der Waals surface area contributed by atoms with Crippen molar-refractivity contribution in [3.8, 4) is 0 Å². The number of nitrogens with zero attached hydrogens (tertiary/aromatic N) is 3. The summed E-state index contributed by atoms with van der Waals surface area (Å²) in [4.78, 5) is 16.9. The van der Waals surface area contributed by atoms with Crippen LogP contribution in [0.1, 0.15) is 55.5 Å². The van der Waals surface area contributed by atoms with Crippen molar-refractivity contribution >= 4 is 29.0 Å². The number of nitrogens with one attached hydrogen (secondary N) is 3. The lowest BCUT2D eigenvalue weighted by Crippen LogP contribution is -2.32. The van der Waals surface area contributed by atoms with Crippen LogP contribution in [0.15, 0.2) is 36.4 Å². The number of carbonyl (C=O) groups is 1. The van der Waals surface area contributed by atoms with Crippen molar-refractivity contribution in [2.75, 3.05) is 10.6 Å². The molecule has 0 unspecified atom stereocenters. The van der Waals surface area contributed by atoms with Crippen LogP contribution >= 0.6 is 0 Å². The van der Waals surface area contributed by atoms with E-state index >= 15 is 0 Å². The highest BCUT2D eigenvalue weighted by molar-refractivity contribution is 6.00. The third-order valence-corrected chi connectivity index (χ3v) is 6.03. The second kappa shape index (κ2) is 6.98. The first-order valence-electron chi connectivity index (χ1n) is 10.4. The predicted octanol–water partition coefficient (Wildman–Crippen LogP) is 3.17. The van der Waals surface area contributed by atoms with Gasteiger partial charge in [0.15, 0.2) is 5.65 Å². The number of anilines is 3. The number of amides is 1. The molecule has 0 radical (unpaired) electrons. The first-order valence-corrected chi connectivity index (χ1v) is 10.4. The van der Waals surface area contributed by atoms with Gasteiger partial charge in [0, 0.05) is 17.3 Å². The molecule has 0 bridgehead atoms. The van der Waals surface area contributed by atoms with E-state index in [1.54, 1.807) is 4.52 Å². The molecule has 3 aromatic rings. The average Bonchev–Trinajstić information content (AvgIpc) is 3.22. The summed E-state index contributed by atoms with van der Waals surface area (Å²) >= 11 is 0. The lowest BCUT2D eigenvalue weighted by atomic mass is 9.93. The van der Waals surface area contributed by atoms with Crippen LogP contribution in [0.4, 0.5) is 17.5 Å². The summed E-state index contributed by atoms with van der Waals surface area (Å²) in [7, 11) is 0. The van der Waals surface area contributed by atoms with E-state index in [-0.39, 0.29) is 17.6 Å². The molecule has 1 amide bonds. The number of benzene rings is 1. The summed E-state index contributed by atoms with van der Waals surface area (Å²) in [5.74, 6) is 1.29. The Bertz CT molecular complexity index is 1110. The summed E-state index contributed by atoms with van der Waals surface area (Å²) in [5.41, 5.74) is 2.81. The number of pyridine rings is 1. The SMILES string of the molecule is CC1(C)NC(=O)c2cc(Nc3nc4cccc(NC5CCC(O)CC5)n4n3)ccc21. The van der Waals surface area contributed by atoms with Gasteiger partial charge in [0.1, 0.15) is 5.82 Å². The van der Waals surface area contributed by atoms with Crippen LogP contribution in [-0.2, 0) is 5.54 Å². The Morgan fingerprint density at radius 1 is 1.17 bits per heavy atom. The van der Waals surface area contributed by atoms with Crippen LogP contribution < -0.4 is 16.0 Å². The van der Waals surface area contributed by atoms with Crippen molar-refractivity contribution in [1.82, 2.24) is 19.9 Å². The number of hydrogen-bond acceptors (Lipinski definition) is 6. The molecule has 3 heterocycles. The van der Waals surface area contributed by atoms with Crippen LogP contribution in [0, 0.1) is 0 Å². The van der Waals surface area contributed by atoms with Gasteiger partial charge in [-0.3, -0.25) is 4.79 Å². The number of aliphatic hydroxyl groups excluding tert-OH is 1. The Kier molecular flexibility index (Phi) is 4.39. The first kappa shape index (κ1) is 18.9. The predicted molar refractivity (Wildman–Crippen MR) is 115 cm³/mol. The van der Waals surface area contributed by atoms with Gasteiger partial charge in [0.05, 0.1) is 11.6 Å². The molecule has 1 aliphatic heterocycles. The fourth-order valence-electron chi connectivity index (χ4n) is 4.40. The fourth-order valence-corrected chi connectivity index (χ4v) is 4.40. The monoisotopic (exact) mass is 406 g/mol. The minimum absolute atomic E-state index is 0.0642. The zero-order valence-corrected chi connectivity index (χ0v) is 17.1. The van der Waals surface area contributed by atoms with Gasteiger partial charge in [-0.1, -0.05) is 12.1 Å². The topological polar surface area (TPSA) is 104 Å². The quantitative estimate of drug-likeness (QED) is 0.531. The molecule has 1 saturated carbocycles. The van der Waals surface area contributed by atoms with E-state index in [0.717, 1.165) is 48.4 Å². The average molecular weight is 406 g/mol. The summed E-state index contributed by atoms with van der Waals surface area (Å²) in [6.07, 6.45) is 3.33. The maximum atomic E-state index is 12.3. The van der Waals surface area contributed by atoms with Crippen LogP contribution in [-0.4, -0.2) is 37.8 Å². The minimum atomic E-state index is -0.359. The smallest absolute Gasteiger partial charge is 0.252 e. The van der Waals surface area contributed by atoms with E-state index in [0.29, 0.717) is 17.6 Å². The molecule has 4 N–H and O–H groups in total. The molecule has 0 saturated heterocycles. The Hall–Kier alpha value is -3.13. The van der Waals surface area contributed by atoms with Gasteiger partial charge < -0.3 is 21.1 Å². The maximum absolute atomic E-state index is 12.3. The van der Waals surface area contributed by atoms with Crippen molar-refractivity contribution in [2.45, 2.75) is 57.2 Å². The van der Waals surface area contributed by atoms with Crippen LogP contribution in [0.5, 0.6) is 0 Å². The lowest BCUT2D eigenvalue weighted by Gasteiger charge is -2.26. The molecule has 1 aromatic carbocycles. The number of fused-ring (bicyclic) bond motifs is 2. The van der Waals surface area contributed by atoms with E-state index in [1.165, 1.54) is 0 Å². The number of rotatable bonds is 4. The molecule has 2 aliphatic rings. The first-order chi connectivity index (χ1) is 14.4. The molecule has 156 valence electrons. The Morgan fingerprint density at radius 3 is 2.77 bits per heavy atom. The third-order valence-electron chi connectivity index (χ3n) is 6.03. The normalized spacial score (nSPS) is 22.6. The Morgan fingerprint density at radius 2 is 1.97 bits per heavy atom. The molecule has 0 atom stereocenters. The fraction of sp³-hybridized carbons (Fsp3) is 0.409. The van der Waals surface area contributed by atoms with Crippen LogP contribution in [0.25, 0.3) is 5.65 Å². The van der Waals surface area contributed by atoms with Gasteiger partial charge in [-0.05, 0) is 69.4 Å². The van der Waals surface area contributed by atoms with Crippen molar-refractivity contribution in [2.24, 2.45) is 0 Å². The van der Waals surface area contributed by atoms with Crippen LogP contribution in [0.2, 0.25) is 0 Å². The molecule has 1 aliphatic carbocycles. The molecular weight excluding hydrogens is 380 g/mol. The third kappa shape index (κ3) is 3.37. The zero-order chi connectivity index (χ0) is 20.9. The number of carbonyl (C=O) groups excluding carboxylic acids is 1. The molecular formula is C22H26N6O2. The molecule has 8 nitrogen and oxygen atoms in total. The maximum Gasteiger partial charge on any atom is 0.252 e. The molecule has 8 heteroatoms. The number of hydrogen-bond donors (Lipinski definition) is 4. The highest BCUT2D eigenvalue weighted by Crippen LogP contribution is 2.32. The molecule has 1 fully saturated rings. The minimum Gasteiger partial charge on any atom is -0.393 e. The van der Waals surface area contributed by atoms with Crippen molar-refractivity contribution < 1.29 is 9.90 Å². The molecule has 2 aromatic heterocycles. The zero-order valence-electron chi connectivity index (χ0n) is 17.1. The standard InChI is InChI=1S/C22H26N6O2/c1-22(2)17-11-8-14(12-16(17)20(30)26-22)24-21-25-19-5-3-4-18(28(19)27-21)23-13-6-9-15(29)10-7-13/h3-5,8,11-13,15,23,29H,6-7,9-10H2,1-2H3,(H,24,27)(H,26,30). The molecule has 0 spiro atoms. The second-order valence-electron chi connectivity index (χ2n) is 8.73. The largest absolute Gasteiger partial charge is 0.393 e. The van der Waals surface area contributed by atoms with Gasteiger partial charge in [-0.25, -0.2) is 0 Å². The van der Waals surface area contributed by atoms with Crippen molar-refractivity contribution in [3.05, 3.63) is 47.5 Å². The van der Waals surface area contributed by atoms with E-state index < -0.39 is 0 Å². The Balaban J connectivity index is 1.39. The summed E-state index contributed by atoms with van der Waals surface area (Å²) in [5, 5.41) is 24.1. The van der Waals surface area contributed by atoms with E-state index in [4.69, 9.17) is 0 Å². The Labute approximate surface area is 174 Å².